The molecule has 3 atom stereocenters. The monoisotopic (exact) mass is 213 g/mol. The zero-order valence-corrected chi connectivity index (χ0v) is 9.19. The van der Waals surface area contributed by atoms with Crippen molar-refractivity contribution in [2.24, 2.45) is 11.8 Å². The highest BCUT2D eigenvalue weighted by Gasteiger charge is 2.37. The molecule has 0 spiro atoms. The molecule has 0 aromatic rings. The van der Waals surface area contributed by atoms with Gasteiger partial charge in [0.05, 0.1) is 12.5 Å². The normalized spacial score (nSPS) is 38.1. The van der Waals surface area contributed by atoms with Gasteiger partial charge < -0.3 is 9.84 Å². The van der Waals surface area contributed by atoms with Gasteiger partial charge in [0.1, 0.15) is 0 Å². The third kappa shape index (κ3) is 2.32. The minimum Gasteiger partial charge on any atom is -0.481 e. The minimum absolute atomic E-state index is 0.188. The summed E-state index contributed by atoms with van der Waals surface area (Å²) in [6, 6.07) is 0.450. The number of likely N-dealkylation sites (tertiary alicyclic amines) is 1. The highest BCUT2D eigenvalue weighted by atomic mass is 16.5. The van der Waals surface area contributed by atoms with E-state index in [0.717, 1.165) is 32.6 Å². The summed E-state index contributed by atoms with van der Waals surface area (Å²) in [5.41, 5.74) is 0. The summed E-state index contributed by atoms with van der Waals surface area (Å²) in [7, 11) is 0. The minimum atomic E-state index is -0.651. The highest BCUT2D eigenvalue weighted by Crippen LogP contribution is 2.27. The average molecular weight is 213 g/mol. The Labute approximate surface area is 90.2 Å². The lowest BCUT2D eigenvalue weighted by Gasteiger charge is -2.30. The van der Waals surface area contributed by atoms with Crippen LogP contribution in [0.15, 0.2) is 0 Å². The first-order chi connectivity index (χ1) is 7.18. The van der Waals surface area contributed by atoms with Crippen LogP contribution in [0, 0.1) is 11.8 Å². The van der Waals surface area contributed by atoms with Crippen LogP contribution in [0.1, 0.15) is 19.8 Å². The van der Waals surface area contributed by atoms with Crippen molar-refractivity contribution in [1.29, 1.82) is 0 Å². The second-order valence-electron chi connectivity index (χ2n) is 4.75. The van der Waals surface area contributed by atoms with Crippen LogP contribution in [0.25, 0.3) is 0 Å². The maximum atomic E-state index is 11.0. The molecule has 0 saturated carbocycles. The molecular weight excluding hydrogens is 194 g/mol. The maximum Gasteiger partial charge on any atom is 0.308 e. The lowest BCUT2D eigenvalue weighted by Crippen LogP contribution is -2.40. The largest absolute Gasteiger partial charge is 0.481 e. The second kappa shape index (κ2) is 4.49. The maximum absolute atomic E-state index is 11.0. The summed E-state index contributed by atoms with van der Waals surface area (Å²) in [4.78, 5) is 13.3. The Morgan fingerprint density at radius 3 is 2.80 bits per heavy atom. The lowest BCUT2D eigenvalue weighted by molar-refractivity contribution is -0.142. The predicted octanol–water partition coefficient (Wildman–Crippen LogP) is 0.818. The van der Waals surface area contributed by atoms with Gasteiger partial charge >= 0.3 is 5.97 Å². The van der Waals surface area contributed by atoms with Gasteiger partial charge in [0.15, 0.2) is 0 Å². The zero-order valence-electron chi connectivity index (χ0n) is 9.19. The fraction of sp³-hybridized carbons (Fsp3) is 0.909. The van der Waals surface area contributed by atoms with E-state index in [9.17, 15) is 4.79 Å². The van der Waals surface area contributed by atoms with Gasteiger partial charge in [0.2, 0.25) is 0 Å². The van der Waals surface area contributed by atoms with Crippen LogP contribution in [-0.4, -0.2) is 48.3 Å². The van der Waals surface area contributed by atoms with Crippen LogP contribution in [-0.2, 0) is 9.53 Å². The molecule has 0 aromatic heterocycles. The molecular formula is C11H19NO3. The fourth-order valence-corrected chi connectivity index (χ4v) is 2.64. The van der Waals surface area contributed by atoms with Crippen molar-refractivity contribution in [1.82, 2.24) is 4.90 Å². The van der Waals surface area contributed by atoms with Gasteiger partial charge in [-0.15, -0.1) is 0 Å². The number of nitrogens with zero attached hydrogens (tertiary/aromatic N) is 1. The van der Waals surface area contributed by atoms with E-state index >= 15 is 0 Å². The number of aliphatic carboxylic acids is 1. The molecule has 0 aromatic carbocycles. The van der Waals surface area contributed by atoms with E-state index < -0.39 is 5.97 Å². The number of hydrogen-bond acceptors (Lipinski definition) is 3. The van der Waals surface area contributed by atoms with Crippen molar-refractivity contribution >= 4 is 5.97 Å². The fourth-order valence-electron chi connectivity index (χ4n) is 2.64. The molecule has 1 N–H and O–H groups in total. The highest BCUT2D eigenvalue weighted by molar-refractivity contribution is 5.71. The van der Waals surface area contributed by atoms with Crippen molar-refractivity contribution < 1.29 is 14.6 Å². The Morgan fingerprint density at radius 2 is 2.27 bits per heavy atom. The van der Waals surface area contributed by atoms with Crippen molar-refractivity contribution in [3.8, 4) is 0 Å². The molecule has 86 valence electrons. The van der Waals surface area contributed by atoms with Gasteiger partial charge in [-0.05, 0) is 18.8 Å². The predicted molar refractivity (Wildman–Crippen MR) is 55.7 cm³/mol. The van der Waals surface area contributed by atoms with Crippen LogP contribution in [0.2, 0.25) is 0 Å². The van der Waals surface area contributed by atoms with Gasteiger partial charge in [-0.1, -0.05) is 6.92 Å². The molecule has 2 fully saturated rings. The van der Waals surface area contributed by atoms with Gasteiger partial charge in [-0.2, -0.15) is 0 Å². The summed E-state index contributed by atoms with van der Waals surface area (Å²) in [6.45, 7) is 5.28. The number of carbonyl (C=O) groups is 1. The molecule has 2 heterocycles. The smallest absolute Gasteiger partial charge is 0.308 e. The van der Waals surface area contributed by atoms with E-state index in [1.807, 2.05) is 6.92 Å². The van der Waals surface area contributed by atoms with Gasteiger partial charge in [-0.25, -0.2) is 0 Å². The Bertz CT molecular complexity index is 238. The number of ether oxygens (including phenoxy) is 1. The molecule has 0 amide bonds. The molecule has 4 nitrogen and oxygen atoms in total. The van der Waals surface area contributed by atoms with E-state index in [4.69, 9.17) is 9.84 Å². The first-order valence-corrected chi connectivity index (χ1v) is 5.73. The molecule has 2 aliphatic heterocycles. The first kappa shape index (κ1) is 10.9. The SMILES string of the molecule is C[C@@H]1CN(C2CCCOC2)C[C@H]1C(=O)O. The molecule has 0 aliphatic carbocycles. The molecule has 2 rings (SSSR count). The molecule has 0 radical (unpaired) electrons. The van der Waals surface area contributed by atoms with Crippen LogP contribution in [0.5, 0.6) is 0 Å². The molecule has 2 aliphatic rings. The van der Waals surface area contributed by atoms with Crippen molar-refractivity contribution in [3.05, 3.63) is 0 Å². The Morgan fingerprint density at radius 1 is 1.47 bits per heavy atom. The summed E-state index contributed by atoms with van der Waals surface area (Å²) >= 11 is 0. The third-order valence-corrected chi connectivity index (χ3v) is 3.61. The van der Waals surface area contributed by atoms with Gasteiger partial charge in [-0.3, -0.25) is 9.69 Å². The quantitative estimate of drug-likeness (QED) is 0.737. The molecule has 4 heteroatoms. The van der Waals surface area contributed by atoms with E-state index in [1.165, 1.54) is 0 Å². The molecule has 2 saturated heterocycles. The van der Waals surface area contributed by atoms with Crippen LogP contribution >= 0.6 is 0 Å². The molecule has 1 unspecified atom stereocenters. The number of rotatable bonds is 2. The van der Waals surface area contributed by atoms with Crippen LogP contribution in [0.4, 0.5) is 0 Å². The Kier molecular flexibility index (Phi) is 3.26. The van der Waals surface area contributed by atoms with Crippen molar-refractivity contribution in [3.63, 3.8) is 0 Å². The zero-order chi connectivity index (χ0) is 10.8. The van der Waals surface area contributed by atoms with E-state index in [0.29, 0.717) is 12.6 Å². The molecule has 0 bridgehead atoms. The second-order valence-corrected chi connectivity index (χ2v) is 4.75. The summed E-state index contributed by atoms with van der Waals surface area (Å²) < 4.78 is 5.44. The standard InChI is InChI=1S/C11H19NO3/c1-8-5-12(6-10(8)11(13)14)9-3-2-4-15-7-9/h8-10H,2-7H2,1H3,(H,13,14)/t8-,9?,10-/m1/s1. The molecule has 15 heavy (non-hydrogen) atoms. The van der Waals surface area contributed by atoms with Gasteiger partial charge in [0.25, 0.3) is 0 Å². The first-order valence-electron chi connectivity index (χ1n) is 5.73. The average Bonchev–Trinajstić information content (AvgIpc) is 2.62. The lowest BCUT2D eigenvalue weighted by atomic mass is 9.99. The number of hydrogen-bond donors (Lipinski definition) is 1. The van der Waals surface area contributed by atoms with E-state index in [2.05, 4.69) is 4.90 Å². The van der Waals surface area contributed by atoms with E-state index in [-0.39, 0.29) is 11.8 Å². The summed E-state index contributed by atoms with van der Waals surface area (Å²) in [5.74, 6) is -0.571. The number of carboxylic acids is 1. The van der Waals surface area contributed by atoms with Crippen molar-refractivity contribution in [2.75, 3.05) is 26.3 Å². The Hall–Kier alpha value is -0.610. The van der Waals surface area contributed by atoms with E-state index in [1.54, 1.807) is 0 Å². The topological polar surface area (TPSA) is 49.8 Å². The number of carboxylic acid groups (broad SMARTS) is 1. The Balaban J connectivity index is 1.92. The van der Waals surface area contributed by atoms with Crippen molar-refractivity contribution in [2.45, 2.75) is 25.8 Å². The van der Waals surface area contributed by atoms with Crippen LogP contribution in [0.3, 0.4) is 0 Å². The van der Waals surface area contributed by atoms with Gasteiger partial charge in [0, 0.05) is 25.7 Å². The summed E-state index contributed by atoms with van der Waals surface area (Å²) in [6.07, 6.45) is 2.26. The summed E-state index contributed by atoms with van der Waals surface area (Å²) in [5, 5.41) is 9.04. The third-order valence-electron chi connectivity index (χ3n) is 3.61. The van der Waals surface area contributed by atoms with Crippen LogP contribution < -0.4 is 0 Å².